The second-order valence-electron chi connectivity index (χ2n) is 7.71. The summed E-state index contributed by atoms with van der Waals surface area (Å²) in [4.78, 5) is 26.8. The van der Waals surface area contributed by atoms with Gasteiger partial charge in [-0.2, -0.15) is 0 Å². The average molecular weight is 362 g/mol. The maximum absolute atomic E-state index is 13.6. The Bertz CT molecular complexity index is 922. The van der Waals surface area contributed by atoms with E-state index in [9.17, 15) is 14.7 Å². The Kier molecular flexibility index (Phi) is 3.55. The minimum Gasteiger partial charge on any atom is -0.365 e. The topological polar surface area (TPSA) is 60.9 Å². The van der Waals surface area contributed by atoms with Crippen LogP contribution in [-0.2, 0) is 15.9 Å². The molecule has 2 aromatic carbocycles. The highest BCUT2D eigenvalue weighted by Gasteiger charge is 2.73. The van der Waals surface area contributed by atoms with E-state index in [0.29, 0.717) is 16.7 Å². The molecule has 5 rings (SSSR count). The first-order valence-corrected chi connectivity index (χ1v) is 9.61. The van der Waals surface area contributed by atoms with Gasteiger partial charge in [-0.15, -0.1) is 0 Å². The molecule has 0 bridgehead atoms. The molecular weight excluding hydrogens is 340 g/mol. The van der Waals surface area contributed by atoms with Gasteiger partial charge < -0.3 is 5.11 Å². The molecule has 27 heavy (non-hydrogen) atoms. The maximum atomic E-state index is 13.6. The summed E-state index contributed by atoms with van der Waals surface area (Å²) in [7, 11) is 0. The fourth-order valence-corrected chi connectivity index (χ4v) is 5.18. The largest absolute Gasteiger partial charge is 0.365 e. The van der Waals surface area contributed by atoms with Gasteiger partial charge in [0.25, 0.3) is 0 Å². The third-order valence-electron chi connectivity index (χ3n) is 6.37. The summed E-state index contributed by atoms with van der Waals surface area (Å²) in [6.45, 7) is 1.44. The molecule has 3 aliphatic rings. The lowest BCUT2D eigenvalue weighted by Crippen LogP contribution is -2.60. The number of fused-ring (bicyclic) bond motifs is 3. The quantitative estimate of drug-likeness (QED) is 0.892. The number of benzene rings is 2. The predicted molar refractivity (Wildman–Crippen MR) is 99.7 cm³/mol. The summed E-state index contributed by atoms with van der Waals surface area (Å²) in [6, 6.07) is 16.5. The molecule has 0 aromatic heterocycles. The van der Waals surface area contributed by atoms with Crippen molar-refractivity contribution in [1.29, 1.82) is 0 Å². The van der Waals surface area contributed by atoms with Crippen LogP contribution in [0.1, 0.15) is 47.2 Å². The molecule has 1 aliphatic carbocycles. The van der Waals surface area contributed by atoms with E-state index in [0.717, 1.165) is 32.4 Å². The Balaban J connectivity index is 1.77. The highest BCUT2D eigenvalue weighted by atomic mass is 16.3. The van der Waals surface area contributed by atoms with E-state index >= 15 is 0 Å². The van der Waals surface area contributed by atoms with Gasteiger partial charge in [-0.1, -0.05) is 61.0 Å². The zero-order valence-corrected chi connectivity index (χ0v) is 15.1. The molecule has 2 atom stereocenters. The zero-order valence-electron chi connectivity index (χ0n) is 15.1. The van der Waals surface area contributed by atoms with E-state index in [1.54, 1.807) is 12.1 Å². The highest BCUT2D eigenvalue weighted by Crippen LogP contribution is 2.60. The number of rotatable bonds is 2. The molecule has 5 heteroatoms. The summed E-state index contributed by atoms with van der Waals surface area (Å²) in [5.41, 5.74) is -1.24. The third-order valence-corrected chi connectivity index (χ3v) is 6.37. The Morgan fingerprint density at radius 2 is 1.52 bits per heavy atom. The number of hydrogen-bond donors (Lipinski definition) is 1. The van der Waals surface area contributed by atoms with Gasteiger partial charge in [0.2, 0.25) is 5.91 Å². The van der Waals surface area contributed by atoms with Crippen LogP contribution < -0.4 is 0 Å². The van der Waals surface area contributed by atoms with Gasteiger partial charge in [-0.05, 0) is 18.4 Å². The van der Waals surface area contributed by atoms with Crippen molar-refractivity contribution in [2.75, 3.05) is 13.1 Å². The number of carbonyl (C=O) groups is 2. The molecule has 1 amide bonds. The summed E-state index contributed by atoms with van der Waals surface area (Å²) in [5.74, 6) is -0.356. The normalized spacial score (nSPS) is 30.5. The lowest BCUT2D eigenvalue weighted by atomic mass is 9.71. The number of nitrogens with zero attached hydrogens (tertiary/aromatic N) is 2. The van der Waals surface area contributed by atoms with Crippen molar-refractivity contribution in [2.24, 2.45) is 0 Å². The SMILES string of the molecule is O=C1CC2(c3ccccc3)C(=O)c3ccccc3C2(O)N1N1CCCCC1. The summed E-state index contributed by atoms with van der Waals surface area (Å²) >= 11 is 0. The first kappa shape index (κ1) is 16.7. The van der Waals surface area contributed by atoms with Gasteiger partial charge in [0.1, 0.15) is 5.41 Å². The van der Waals surface area contributed by atoms with Crippen molar-refractivity contribution in [2.45, 2.75) is 36.8 Å². The van der Waals surface area contributed by atoms with Gasteiger partial charge in [-0.25, -0.2) is 10.0 Å². The van der Waals surface area contributed by atoms with E-state index in [-0.39, 0.29) is 18.1 Å². The van der Waals surface area contributed by atoms with E-state index in [1.807, 2.05) is 47.5 Å². The summed E-state index contributed by atoms with van der Waals surface area (Å²) in [6.07, 6.45) is 3.06. The molecule has 138 valence electrons. The monoisotopic (exact) mass is 362 g/mol. The molecule has 2 unspecified atom stereocenters. The van der Waals surface area contributed by atoms with E-state index in [4.69, 9.17) is 0 Å². The van der Waals surface area contributed by atoms with Crippen LogP contribution in [0.4, 0.5) is 0 Å². The highest BCUT2D eigenvalue weighted by molar-refractivity contribution is 6.14. The van der Waals surface area contributed by atoms with Crippen molar-refractivity contribution in [3.8, 4) is 0 Å². The summed E-state index contributed by atoms with van der Waals surface area (Å²) < 4.78 is 0. The Hall–Kier alpha value is -2.50. The van der Waals surface area contributed by atoms with Crippen molar-refractivity contribution < 1.29 is 14.7 Å². The third kappa shape index (κ3) is 1.96. The van der Waals surface area contributed by atoms with Crippen LogP contribution in [0.3, 0.4) is 0 Å². The van der Waals surface area contributed by atoms with E-state index in [2.05, 4.69) is 0 Å². The van der Waals surface area contributed by atoms with Crippen molar-refractivity contribution in [3.63, 3.8) is 0 Å². The van der Waals surface area contributed by atoms with Crippen LogP contribution in [0.25, 0.3) is 0 Å². The average Bonchev–Trinajstić information content (AvgIpc) is 3.07. The van der Waals surface area contributed by atoms with Crippen molar-refractivity contribution in [1.82, 2.24) is 10.0 Å². The molecule has 2 heterocycles. The van der Waals surface area contributed by atoms with Gasteiger partial charge in [0, 0.05) is 24.2 Å². The van der Waals surface area contributed by atoms with E-state index < -0.39 is 11.1 Å². The standard InChI is InChI=1S/C22H22N2O3/c25-19-15-21(16-9-3-1-4-10-16)20(26)17-11-5-6-12-18(17)22(21,27)24(19)23-13-7-2-8-14-23/h1,3-6,9-12,27H,2,7-8,13-15H2. The number of amides is 1. The lowest BCUT2D eigenvalue weighted by Gasteiger charge is -2.46. The number of hydrogen-bond acceptors (Lipinski definition) is 4. The number of aliphatic hydroxyl groups is 1. The molecule has 0 radical (unpaired) electrons. The minimum atomic E-state index is -1.68. The van der Waals surface area contributed by atoms with Crippen LogP contribution in [-0.4, -0.2) is 39.9 Å². The zero-order chi connectivity index (χ0) is 18.6. The Labute approximate surface area is 158 Å². The molecular formula is C22H22N2O3. The van der Waals surface area contributed by atoms with Crippen molar-refractivity contribution >= 4 is 11.7 Å². The van der Waals surface area contributed by atoms with Crippen molar-refractivity contribution in [3.05, 3.63) is 71.3 Å². The fourth-order valence-electron chi connectivity index (χ4n) is 5.18. The number of Topliss-reactive ketones (excluding diaryl/α,β-unsaturated/α-hetero) is 1. The minimum absolute atomic E-state index is 0.0163. The smallest absolute Gasteiger partial charge is 0.241 e. The van der Waals surface area contributed by atoms with Gasteiger partial charge in [0.15, 0.2) is 11.5 Å². The van der Waals surface area contributed by atoms with Crippen LogP contribution >= 0.6 is 0 Å². The Morgan fingerprint density at radius 3 is 2.26 bits per heavy atom. The molecule has 1 N–H and O–H groups in total. The maximum Gasteiger partial charge on any atom is 0.241 e. The second kappa shape index (κ2) is 5.75. The number of carbonyl (C=O) groups excluding carboxylic acids is 2. The number of hydrazine groups is 1. The van der Waals surface area contributed by atoms with Crippen LogP contribution in [0.15, 0.2) is 54.6 Å². The first-order valence-electron chi connectivity index (χ1n) is 9.61. The number of ketones is 1. The molecule has 0 saturated carbocycles. The van der Waals surface area contributed by atoms with E-state index in [1.165, 1.54) is 5.01 Å². The van der Waals surface area contributed by atoms with Gasteiger partial charge in [-0.3, -0.25) is 9.59 Å². The van der Waals surface area contributed by atoms with Gasteiger partial charge >= 0.3 is 0 Å². The lowest BCUT2D eigenvalue weighted by molar-refractivity contribution is -0.216. The van der Waals surface area contributed by atoms with Gasteiger partial charge in [0.05, 0.1) is 6.42 Å². The predicted octanol–water partition coefficient (Wildman–Crippen LogP) is 2.60. The number of piperidine rings is 1. The molecule has 2 fully saturated rings. The molecule has 2 saturated heterocycles. The fraction of sp³-hybridized carbons (Fsp3) is 0.364. The Morgan fingerprint density at radius 1 is 0.852 bits per heavy atom. The van der Waals surface area contributed by atoms with Crippen LogP contribution in [0, 0.1) is 0 Å². The van der Waals surface area contributed by atoms with Crippen LogP contribution in [0.2, 0.25) is 0 Å². The molecule has 5 nitrogen and oxygen atoms in total. The second-order valence-corrected chi connectivity index (χ2v) is 7.71. The first-order chi connectivity index (χ1) is 13.1. The molecule has 0 spiro atoms. The summed E-state index contributed by atoms with van der Waals surface area (Å²) in [5, 5.41) is 15.6. The van der Waals surface area contributed by atoms with Crippen LogP contribution in [0.5, 0.6) is 0 Å². The molecule has 2 aliphatic heterocycles. The molecule has 2 aromatic rings.